The lowest BCUT2D eigenvalue weighted by atomic mass is 10.0. The predicted octanol–water partition coefficient (Wildman–Crippen LogP) is 2.56. The molecule has 1 aliphatic rings. The number of hydrogen-bond donors (Lipinski definition) is 1. The summed E-state index contributed by atoms with van der Waals surface area (Å²) in [6.07, 6.45) is 4.43. The van der Waals surface area contributed by atoms with Gasteiger partial charge >= 0.3 is 0 Å². The van der Waals surface area contributed by atoms with Crippen molar-refractivity contribution in [3.8, 4) is 6.07 Å². The summed E-state index contributed by atoms with van der Waals surface area (Å²) in [6, 6.07) is 8.69. The fourth-order valence-electron chi connectivity index (χ4n) is 2.43. The molecule has 1 saturated carbocycles. The van der Waals surface area contributed by atoms with Crippen molar-refractivity contribution < 1.29 is 8.42 Å². The van der Waals surface area contributed by atoms with Gasteiger partial charge in [0.25, 0.3) is 0 Å². The molecule has 5 heteroatoms. The molecule has 0 heterocycles. The van der Waals surface area contributed by atoms with E-state index in [0.29, 0.717) is 17.7 Å². The van der Waals surface area contributed by atoms with Crippen LogP contribution in [0.15, 0.2) is 24.3 Å². The molecule has 20 heavy (non-hydrogen) atoms. The largest absolute Gasteiger partial charge is 0.215 e. The van der Waals surface area contributed by atoms with Crippen LogP contribution < -0.4 is 4.72 Å². The molecular weight excluding hydrogens is 272 g/mol. The van der Waals surface area contributed by atoms with Gasteiger partial charge in [0, 0.05) is 6.54 Å². The van der Waals surface area contributed by atoms with Crippen LogP contribution >= 0.6 is 0 Å². The number of benzene rings is 1. The topological polar surface area (TPSA) is 70.0 Å². The second-order valence-corrected chi connectivity index (χ2v) is 7.45. The minimum Gasteiger partial charge on any atom is -0.214 e. The summed E-state index contributed by atoms with van der Waals surface area (Å²) in [7, 11) is -3.30. The summed E-state index contributed by atoms with van der Waals surface area (Å²) in [5, 5.41) is 8.71. The maximum absolute atomic E-state index is 12.1. The Balaban J connectivity index is 1.92. The Bertz CT molecular complexity index is 596. The zero-order chi connectivity index (χ0) is 14.6. The highest BCUT2D eigenvalue weighted by molar-refractivity contribution is 7.88. The van der Waals surface area contributed by atoms with Gasteiger partial charge in [-0.2, -0.15) is 5.26 Å². The second-order valence-electron chi connectivity index (χ2n) is 5.64. The lowest BCUT2D eigenvalue weighted by molar-refractivity contribution is 0.449. The minimum atomic E-state index is -3.30. The van der Waals surface area contributed by atoms with Crippen molar-refractivity contribution in [2.24, 2.45) is 5.41 Å². The first kappa shape index (κ1) is 15.0. The van der Waals surface area contributed by atoms with E-state index in [4.69, 9.17) is 5.26 Å². The van der Waals surface area contributed by atoms with Crippen molar-refractivity contribution in [2.75, 3.05) is 6.54 Å². The third kappa shape index (κ3) is 4.06. The summed E-state index contributed by atoms with van der Waals surface area (Å²) in [5.74, 6) is -0.0269. The molecule has 0 atom stereocenters. The normalized spacial score (nSPS) is 16.6. The van der Waals surface area contributed by atoms with Gasteiger partial charge in [-0.25, -0.2) is 13.1 Å². The second kappa shape index (κ2) is 5.94. The molecule has 1 aromatic rings. The van der Waals surface area contributed by atoms with Crippen molar-refractivity contribution in [3.63, 3.8) is 0 Å². The van der Waals surface area contributed by atoms with Crippen LogP contribution in [0.1, 0.15) is 43.7 Å². The molecule has 0 aromatic heterocycles. The van der Waals surface area contributed by atoms with Crippen molar-refractivity contribution in [2.45, 2.75) is 38.4 Å². The van der Waals surface area contributed by atoms with E-state index in [-0.39, 0.29) is 11.2 Å². The van der Waals surface area contributed by atoms with E-state index in [0.717, 1.165) is 25.7 Å². The van der Waals surface area contributed by atoms with Gasteiger partial charge in [-0.3, -0.25) is 0 Å². The summed E-state index contributed by atoms with van der Waals surface area (Å²) < 4.78 is 26.8. The van der Waals surface area contributed by atoms with E-state index in [1.807, 2.05) is 6.07 Å². The molecule has 1 aliphatic carbocycles. The Morgan fingerprint density at radius 3 is 2.45 bits per heavy atom. The number of rotatable bonds is 7. The van der Waals surface area contributed by atoms with Gasteiger partial charge in [0.1, 0.15) is 0 Å². The Morgan fingerprint density at radius 1 is 1.30 bits per heavy atom. The highest BCUT2D eigenvalue weighted by Crippen LogP contribution is 2.49. The zero-order valence-electron chi connectivity index (χ0n) is 11.7. The molecular formula is C15H20N2O2S. The van der Waals surface area contributed by atoms with E-state index in [2.05, 4.69) is 11.6 Å². The molecule has 2 rings (SSSR count). The van der Waals surface area contributed by atoms with E-state index in [1.54, 1.807) is 24.3 Å². The first-order chi connectivity index (χ1) is 9.49. The van der Waals surface area contributed by atoms with Crippen molar-refractivity contribution >= 4 is 10.0 Å². The van der Waals surface area contributed by atoms with Crippen LogP contribution in [-0.4, -0.2) is 15.0 Å². The predicted molar refractivity (Wildman–Crippen MR) is 78.4 cm³/mol. The monoisotopic (exact) mass is 292 g/mol. The first-order valence-corrected chi connectivity index (χ1v) is 8.60. The fourth-order valence-corrected chi connectivity index (χ4v) is 3.69. The number of nitrogens with one attached hydrogen (secondary N) is 1. The third-order valence-electron chi connectivity index (χ3n) is 3.84. The number of hydrogen-bond acceptors (Lipinski definition) is 3. The molecule has 0 aliphatic heterocycles. The van der Waals surface area contributed by atoms with E-state index in [9.17, 15) is 8.42 Å². The van der Waals surface area contributed by atoms with Crippen LogP contribution in [0, 0.1) is 16.7 Å². The fraction of sp³-hybridized carbons (Fsp3) is 0.533. The maximum atomic E-state index is 12.1. The average Bonchev–Trinajstić information content (AvgIpc) is 3.18. The van der Waals surface area contributed by atoms with Gasteiger partial charge in [0.15, 0.2) is 0 Å². The lowest BCUT2D eigenvalue weighted by Gasteiger charge is -2.15. The molecule has 4 nitrogen and oxygen atoms in total. The summed E-state index contributed by atoms with van der Waals surface area (Å²) >= 11 is 0. The van der Waals surface area contributed by atoms with Crippen molar-refractivity contribution in [1.82, 2.24) is 4.72 Å². The van der Waals surface area contributed by atoms with Crippen LogP contribution in [0.5, 0.6) is 0 Å². The molecule has 0 saturated heterocycles. The van der Waals surface area contributed by atoms with Gasteiger partial charge in [0.2, 0.25) is 10.0 Å². The van der Waals surface area contributed by atoms with Crippen LogP contribution in [0.2, 0.25) is 0 Å². The first-order valence-electron chi connectivity index (χ1n) is 6.95. The van der Waals surface area contributed by atoms with Crippen LogP contribution in [0.3, 0.4) is 0 Å². The van der Waals surface area contributed by atoms with E-state index >= 15 is 0 Å². The van der Waals surface area contributed by atoms with Gasteiger partial charge in [-0.05, 0) is 42.4 Å². The van der Waals surface area contributed by atoms with E-state index in [1.165, 1.54) is 0 Å². The molecule has 0 unspecified atom stereocenters. The van der Waals surface area contributed by atoms with Gasteiger partial charge in [0.05, 0.1) is 17.4 Å². The van der Waals surface area contributed by atoms with Gasteiger partial charge < -0.3 is 0 Å². The summed E-state index contributed by atoms with van der Waals surface area (Å²) in [5.41, 5.74) is 1.46. The van der Waals surface area contributed by atoms with Crippen molar-refractivity contribution in [1.29, 1.82) is 5.26 Å². The van der Waals surface area contributed by atoms with E-state index < -0.39 is 10.0 Å². The SMILES string of the molecule is CCCC1(CNS(=O)(=O)Cc2ccc(C#N)cc2)CC1. The van der Waals surface area contributed by atoms with Gasteiger partial charge in [-0.1, -0.05) is 25.5 Å². The summed E-state index contributed by atoms with van der Waals surface area (Å²) in [6.45, 7) is 2.69. The molecule has 1 aromatic carbocycles. The molecule has 0 radical (unpaired) electrons. The zero-order valence-corrected chi connectivity index (χ0v) is 12.5. The average molecular weight is 292 g/mol. The molecule has 0 amide bonds. The highest BCUT2D eigenvalue weighted by atomic mass is 32.2. The molecule has 0 spiro atoms. The van der Waals surface area contributed by atoms with Crippen LogP contribution in [-0.2, 0) is 15.8 Å². The Kier molecular flexibility index (Phi) is 4.46. The number of nitriles is 1. The standard InChI is InChI=1S/C15H20N2O2S/c1-2-7-15(8-9-15)12-17-20(18,19)11-14-5-3-13(10-16)4-6-14/h3-6,17H,2,7-9,11-12H2,1H3. The number of nitrogens with zero attached hydrogens (tertiary/aromatic N) is 1. The Morgan fingerprint density at radius 2 is 1.95 bits per heavy atom. The molecule has 0 bridgehead atoms. The van der Waals surface area contributed by atoms with Crippen LogP contribution in [0.25, 0.3) is 0 Å². The maximum Gasteiger partial charge on any atom is 0.215 e. The summed E-state index contributed by atoms with van der Waals surface area (Å²) in [4.78, 5) is 0. The van der Waals surface area contributed by atoms with Gasteiger partial charge in [-0.15, -0.1) is 0 Å². The smallest absolute Gasteiger partial charge is 0.214 e. The molecule has 1 N–H and O–H groups in total. The Hall–Kier alpha value is -1.38. The lowest BCUT2D eigenvalue weighted by Crippen LogP contribution is -2.31. The quantitative estimate of drug-likeness (QED) is 0.839. The number of sulfonamides is 1. The minimum absolute atomic E-state index is 0.0269. The highest BCUT2D eigenvalue weighted by Gasteiger charge is 2.41. The molecule has 1 fully saturated rings. The third-order valence-corrected chi connectivity index (χ3v) is 5.14. The molecule has 108 valence electrons. The van der Waals surface area contributed by atoms with Crippen molar-refractivity contribution in [3.05, 3.63) is 35.4 Å². The van der Waals surface area contributed by atoms with Crippen LogP contribution in [0.4, 0.5) is 0 Å². The Labute approximate surface area is 120 Å².